The van der Waals surface area contributed by atoms with Crippen LogP contribution in [-0.4, -0.2) is 25.6 Å². The summed E-state index contributed by atoms with van der Waals surface area (Å²) in [6.07, 6.45) is 4.53. The van der Waals surface area contributed by atoms with Crippen molar-refractivity contribution in [2.75, 3.05) is 11.0 Å². The molecular formula is C21H21N3O4S. The summed E-state index contributed by atoms with van der Waals surface area (Å²) in [5.41, 5.74) is 2.70. The summed E-state index contributed by atoms with van der Waals surface area (Å²) >= 11 is 0. The molecule has 0 atom stereocenters. The Labute approximate surface area is 169 Å². The topological polar surface area (TPSA) is 97.4 Å². The van der Waals surface area contributed by atoms with Gasteiger partial charge in [0.15, 0.2) is 0 Å². The van der Waals surface area contributed by atoms with Crippen molar-refractivity contribution in [3.05, 3.63) is 89.7 Å². The first-order valence-electron chi connectivity index (χ1n) is 8.86. The molecule has 8 heteroatoms. The van der Waals surface area contributed by atoms with Crippen molar-refractivity contribution in [1.29, 1.82) is 0 Å². The van der Waals surface area contributed by atoms with Crippen LogP contribution >= 0.6 is 0 Å². The number of hydrogen-bond acceptors (Lipinski definition) is 5. The molecule has 0 saturated carbocycles. The molecular weight excluding hydrogens is 390 g/mol. The van der Waals surface area contributed by atoms with Gasteiger partial charge in [-0.15, -0.1) is 0 Å². The van der Waals surface area contributed by atoms with E-state index in [1.54, 1.807) is 54.9 Å². The van der Waals surface area contributed by atoms with Crippen LogP contribution in [0.15, 0.2) is 73.1 Å². The predicted molar refractivity (Wildman–Crippen MR) is 111 cm³/mol. The fourth-order valence-electron chi connectivity index (χ4n) is 2.60. The molecule has 0 spiro atoms. The molecule has 3 rings (SSSR count). The lowest BCUT2D eigenvalue weighted by molar-refractivity contribution is 0.0951. The van der Waals surface area contributed by atoms with Gasteiger partial charge >= 0.3 is 0 Å². The second kappa shape index (κ2) is 9.20. The fraction of sp³-hybridized carbons (Fsp3) is 0.143. The first-order chi connectivity index (χ1) is 13.9. The number of aromatic nitrogens is 1. The zero-order chi connectivity index (χ0) is 20.7. The number of nitrogens with zero attached hydrogens (tertiary/aromatic N) is 1. The number of hydrogen-bond donors (Lipinski definition) is 2. The highest BCUT2D eigenvalue weighted by Crippen LogP contribution is 2.15. The summed E-state index contributed by atoms with van der Waals surface area (Å²) in [6, 6.07) is 17.5. The highest BCUT2D eigenvalue weighted by molar-refractivity contribution is 7.92. The Kier molecular flexibility index (Phi) is 6.46. The maximum atomic E-state index is 12.4. The molecule has 1 heterocycles. The normalized spacial score (nSPS) is 10.9. The molecule has 0 bridgehead atoms. The lowest BCUT2D eigenvalue weighted by Crippen LogP contribution is -2.22. The Morgan fingerprint density at radius 1 is 1.03 bits per heavy atom. The molecule has 0 aliphatic carbocycles. The Bertz CT molecular complexity index is 1070. The molecule has 1 aromatic heterocycles. The highest BCUT2D eigenvalue weighted by atomic mass is 32.2. The fourth-order valence-corrected chi connectivity index (χ4v) is 3.15. The number of carbonyl (C=O) groups excluding carboxylic acids is 1. The van der Waals surface area contributed by atoms with E-state index in [4.69, 9.17) is 4.74 Å². The Balaban J connectivity index is 1.54. The molecule has 3 aromatic rings. The first-order valence-corrected chi connectivity index (χ1v) is 10.7. The minimum atomic E-state index is -3.35. The van der Waals surface area contributed by atoms with Crippen molar-refractivity contribution in [3.63, 3.8) is 0 Å². The molecule has 0 radical (unpaired) electrons. The average molecular weight is 411 g/mol. The minimum Gasteiger partial charge on any atom is -0.489 e. The van der Waals surface area contributed by atoms with E-state index in [0.29, 0.717) is 23.6 Å². The third kappa shape index (κ3) is 6.62. The van der Waals surface area contributed by atoms with Gasteiger partial charge in [0.1, 0.15) is 12.4 Å². The van der Waals surface area contributed by atoms with Crippen LogP contribution in [-0.2, 0) is 23.2 Å². The van der Waals surface area contributed by atoms with Crippen LogP contribution in [0.4, 0.5) is 5.69 Å². The number of carbonyl (C=O) groups is 1. The van der Waals surface area contributed by atoms with Crippen LogP contribution in [0.3, 0.4) is 0 Å². The van der Waals surface area contributed by atoms with E-state index in [1.807, 2.05) is 18.2 Å². The zero-order valence-corrected chi connectivity index (χ0v) is 16.6. The number of sulfonamides is 1. The van der Waals surface area contributed by atoms with E-state index in [2.05, 4.69) is 15.0 Å². The number of ether oxygens (including phenoxy) is 1. The molecule has 2 aromatic carbocycles. The summed E-state index contributed by atoms with van der Waals surface area (Å²) in [7, 11) is -3.35. The summed E-state index contributed by atoms with van der Waals surface area (Å²) in [5.74, 6) is 0.426. The number of pyridine rings is 1. The quantitative estimate of drug-likeness (QED) is 0.594. The van der Waals surface area contributed by atoms with Gasteiger partial charge < -0.3 is 10.1 Å². The number of benzene rings is 2. The number of anilines is 1. The molecule has 2 N–H and O–H groups in total. The van der Waals surface area contributed by atoms with Crippen molar-refractivity contribution in [2.45, 2.75) is 13.2 Å². The molecule has 0 aliphatic heterocycles. The summed E-state index contributed by atoms with van der Waals surface area (Å²) < 4.78 is 30.7. The minimum absolute atomic E-state index is 0.231. The molecule has 7 nitrogen and oxygen atoms in total. The van der Waals surface area contributed by atoms with Crippen LogP contribution < -0.4 is 14.8 Å². The third-order valence-corrected chi connectivity index (χ3v) is 4.53. The summed E-state index contributed by atoms with van der Waals surface area (Å²) in [6.45, 7) is 0.675. The largest absolute Gasteiger partial charge is 0.489 e. The van der Waals surface area contributed by atoms with Crippen molar-refractivity contribution in [3.8, 4) is 5.75 Å². The maximum Gasteiger partial charge on any atom is 0.251 e. The van der Waals surface area contributed by atoms with Crippen LogP contribution in [0.5, 0.6) is 5.75 Å². The average Bonchev–Trinajstić information content (AvgIpc) is 2.71. The second-order valence-corrected chi connectivity index (χ2v) is 8.18. The molecule has 150 valence electrons. The third-order valence-electron chi connectivity index (χ3n) is 3.93. The van der Waals surface area contributed by atoms with Gasteiger partial charge in [-0.05, 0) is 48.0 Å². The van der Waals surface area contributed by atoms with E-state index < -0.39 is 10.0 Å². The van der Waals surface area contributed by atoms with E-state index in [9.17, 15) is 13.2 Å². The lowest BCUT2D eigenvalue weighted by Gasteiger charge is -2.09. The Morgan fingerprint density at radius 2 is 1.79 bits per heavy atom. The van der Waals surface area contributed by atoms with Gasteiger partial charge in [-0.25, -0.2) is 8.42 Å². The first kappa shape index (κ1) is 20.3. The summed E-state index contributed by atoms with van der Waals surface area (Å²) in [4.78, 5) is 16.4. The second-order valence-electron chi connectivity index (χ2n) is 6.43. The monoisotopic (exact) mass is 411 g/mol. The van der Waals surface area contributed by atoms with Crippen LogP contribution in [0.1, 0.15) is 21.5 Å². The van der Waals surface area contributed by atoms with Gasteiger partial charge in [0.05, 0.1) is 6.26 Å². The molecule has 0 fully saturated rings. The van der Waals surface area contributed by atoms with Gasteiger partial charge in [0, 0.05) is 35.8 Å². The van der Waals surface area contributed by atoms with Gasteiger partial charge in [-0.1, -0.05) is 18.2 Å². The van der Waals surface area contributed by atoms with E-state index in [1.165, 1.54) is 0 Å². The molecule has 29 heavy (non-hydrogen) atoms. The van der Waals surface area contributed by atoms with Crippen molar-refractivity contribution < 1.29 is 17.9 Å². The molecule has 0 aliphatic rings. The molecule has 0 unspecified atom stereocenters. The van der Waals surface area contributed by atoms with Crippen molar-refractivity contribution in [1.82, 2.24) is 10.3 Å². The Hall–Kier alpha value is -3.39. The van der Waals surface area contributed by atoms with Crippen molar-refractivity contribution in [2.24, 2.45) is 0 Å². The zero-order valence-electron chi connectivity index (χ0n) is 15.8. The number of rotatable bonds is 8. The van der Waals surface area contributed by atoms with E-state index in [-0.39, 0.29) is 12.5 Å². The van der Waals surface area contributed by atoms with Crippen LogP contribution in [0.2, 0.25) is 0 Å². The van der Waals surface area contributed by atoms with Crippen LogP contribution in [0.25, 0.3) is 0 Å². The number of amides is 1. The molecule has 1 amide bonds. The standard InChI is InChI=1S/C21H21N3O4S/c1-29(26,27)24-19-6-2-4-16(12-19)14-23-21(25)18-7-9-20(10-8-18)28-15-17-5-3-11-22-13-17/h2-13,24H,14-15H2,1H3,(H,23,25). The Morgan fingerprint density at radius 3 is 2.48 bits per heavy atom. The summed E-state index contributed by atoms with van der Waals surface area (Å²) in [5, 5.41) is 2.82. The van der Waals surface area contributed by atoms with E-state index in [0.717, 1.165) is 17.4 Å². The van der Waals surface area contributed by atoms with Gasteiger partial charge in [0.2, 0.25) is 10.0 Å². The predicted octanol–water partition coefficient (Wildman–Crippen LogP) is 2.96. The van der Waals surface area contributed by atoms with Gasteiger partial charge in [-0.3, -0.25) is 14.5 Å². The molecule has 0 saturated heterocycles. The van der Waals surface area contributed by atoms with Crippen molar-refractivity contribution >= 4 is 21.6 Å². The maximum absolute atomic E-state index is 12.4. The van der Waals surface area contributed by atoms with E-state index >= 15 is 0 Å². The SMILES string of the molecule is CS(=O)(=O)Nc1cccc(CNC(=O)c2ccc(OCc3cccnc3)cc2)c1. The van der Waals surface area contributed by atoms with Gasteiger partial charge in [0.25, 0.3) is 5.91 Å². The lowest BCUT2D eigenvalue weighted by atomic mass is 10.1. The highest BCUT2D eigenvalue weighted by Gasteiger charge is 2.07. The van der Waals surface area contributed by atoms with Crippen LogP contribution in [0, 0.1) is 0 Å². The smallest absolute Gasteiger partial charge is 0.251 e. The van der Waals surface area contributed by atoms with Gasteiger partial charge in [-0.2, -0.15) is 0 Å². The number of nitrogens with one attached hydrogen (secondary N) is 2.